The molecule has 0 bridgehead atoms. The van der Waals surface area contributed by atoms with Crippen LogP contribution in [0.4, 0.5) is 4.39 Å². The Morgan fingerprint density at radius 2 is 2.00 bits per heavy atom. The van der Waals surface area contributed by atoms with Crippen LogP contribution in [0, 0.1) is 23.6 Å². The van der Waals surface area contributed by atoms with Gasteiger partial charge in [0.05, 0.1) is 5.02 Å². The third-order valence-electron chi connectivity index (χ3n) is 4.52. The molecule has 1 aromatic carbocycles. The molecule has 2 fully saturated rings. The van der Waals surface area contributed by atoms with Gasteiger partial charge in [0.1, 0.15) is 5.82 Å². The molecule has 0 saturated heterocycles. The van der Waals surface area contributed by atoms with Gasteiger partial charge in [0.25, 0.3) is 0 Å². The predicted molar refractivity (Wildman–Crippen MR) is 74.3 cm³/mol. The van der Waals surface area contributed by atoms with Crippen molar-refractivity contribution in [1.29, 1.82) is 0 Å². The van der Waals surface area contributed by atoms with Crippen LogP contribution < -0.4 is 5.32 Å². The normalized spacial score (nSPS) is 27.8. The Balaban J connectivity index is 1.74. The van der Waals surface area contributed by atoms with E-state index >= 15 is 0 Å². The van der Waals surface area contributed by atoms with E-state index in [-0.39, 0.29) is 22.4 Å². The van der Waals surface area contributed by atoms with Crippen molar-refractivity contribution < 1.29 is 19.1 Å². The van der Waals surface area contributed by atoms with Gasteiger partial charge in [-0.2, -0.15) is 0 Å². The number of nitrogens with one attached hydrogen (secondary N) is 1. The highest BCUT2D eigenvalue weighted by Crippen LogP contribution is 2.57. The van der Waals surface area contributed by atoms with Gasteiger partial charge in [0, 0.05) is 5.92 Å². The second-order valence-electron chi connectivity index (χ2n) is 5.74. The molecule has 2 aliphatic rings. The van der Waals surface area contributed by atoms with Crippen LogP contribution in [0.5, 0.6) is 0 Å². The summed E-state index contributed by atoms with van der Waals surface area (Å²) >= 11 is 5.59. The number of amides is 1. The van der Waals surface area contributed by atoms with E-state index in [1.165, 1.54) is 12.1 Å². The van der Waals surface area contributed by atoms with E-state index in [9.17, 15) is 19.1 Å². The number of carboxylic acids is 1. The van der Waals surface area contributed by atoms with Crippen LogP contribution in [-0.4, -0.2) is 17.0 Å². The van der Waals surface area contributed by atoms with E-state index in [0.29, 0.717) is 11.8 Å². The molecule has 2 N–H and O–H groups in total. The van der Waals surface area contributed by atoms with Crippen LogP contribution >= 0.6 is 11.6 Å². The standard InChI is InChI=1S/C15H15ClFNO3/c16-10-5-4-7(6-11(10)17)13(15(20)21)18-14(19)12-8-2-1-3-9(8)12/h4-6,8-9,12-13H,1-3H2,(H,18,19)(H,20,21). The van der Waals surface area contributed by atoms with E-state index in [2.05, 4.69) is 5.32 Å². The average molecular weight is 312 g/mol. The SMILES string of the molecule is O=C(O)C(NC(=O)C1C2CCCC21)c1ccc(Cl)c(F)c1. The first-order chi connectivity index (χ1) is 9.99. The maximum absolute atomic E-state index is 13.5. The molecule has 2 aliphatic carbocycles. The lowest BCUT2D eigenvalue weighted by atomic mass is 10.1. The summed E-state index contributed by atoms with van der Waals surface area (Å²) in [5.74, 6) is -1.41. The number of carboxylic acid groups (broad SMARTS) is 1. The monoisotopic (exact) mass is 311 g/mol. The van der Waals surface area contributed by atoms with Crippen molar-refractivity contribution in [2.24, 2.45) is 17.8 Å². The van der Waals surface area contributed by atoms with Crippen LogP contribution in [0.2, 0.25) is 5.02 Å². The van der Waals surface area contributed by atoms with Crippen molar-refractivity contribution in [2.45, 2.75) is 25.3 Å². The highest BCUT2D eigenvalue weighted by molar-refractivity contribution is 6.30. The number of hydrogen-bond acceptors (Lipinski definition) is 2. The van der Waals surface area contributed by atoms with Gasteiger partial charge in [0.15, 0.2) is 6.04 Å². The summed E-state index contributed by atoms with van der Waals surface area (Å²) in [4.78, 5) is 23.5. The van der Waals surface area contributed by atoms with Crippen LogP contribution in [0.15, 0.2) is 18.2 Å². The molecule has 1 aromatic rings. The highest BCUT2D eigenvalue weighted by Gasteiger charge is 2.56. The molecule has 6 heteroatoms. The first-order valence-corrected chi connectivity index (χ1v) is 7.35. The molecular weight excluding hydrogens is 297 g/mol. The Labute approximate surface area is 126 Å². The zero-order valence-electron chi connectivity index (χ0n) is 11.2. The Morgan fingerprint density at radius 3 is 2.57 bits per heavy atom. The van der Waals surface area contributed by atoms with Gasteiger partial charge in [-0.05, 0) is 42.4 Å². The quantitative estimate of drug-likeness (QED) is 0.898. The molecule has 3 rings (SSSR count). The summed E-state index contributed by atoms with van der Waals surface area (Å²) < 4.78 is 13.5. The maximum atomic E-state index is 13.5. The van der Waals surface area contributed by atoms with Crippen molar-refractivity contribution in [3.8, 4) is 0 Å². The van der Waals surface area contributed by atoms with Crippen molar-refractivity contribution in [1.82, 2.24) is 5.32 Å². The Bertz CT molecular complexity index is 597. The van der Waals surface area contributed by atoms with Crippen LogP contribution in [-0.2, 0) is 9.59 Å². The zero-order chi connectivity index (χ0) is 15.1. The number of carbonyl (C=O) groups is 2. The summed E-state index contributed by atoms with van der Waals surface area (Å²) in [6.45, 7) is 0. The Hall–Kier alpha value is -1.62. The fraction of sp³-hybridized carbons (Fsp3) is 0.467. The topological polar surface area (TPSA) is 66.4 Å². The van der Waals surface area contributed by atoms with Gasteiger partial charge in [0.2, 0.25) is 5.91 Å². The molecule has 0 radical (unpaired) electrons. The minimum absolute atomic E-state index is 0.0715. The molecule has 21 heavy (non-hydrogen) atoms. The minimum Gasteiger partial charge on any atom is -0.479 e. The smallest absolute Gasteiger partial charge is 0.330 e. The number of hydrogen-bond donors (Lipinski definition) is 2. The molecule has 112 valence electrons. The zero-order valence-corrected chi connectivity index (χ0v) is 11.9. The summed E-state index contributed by atoms with van der Waals surface area (Å²) in [6, 6.07) is 2.51. The fourth-order valence-corrected chi connectivity index (χ4v) is 3.55. The van der Waals surface area contributed by atoms with Crippen molar-refractivity contribution in [3.63, 3.8) is 0 Å². The van der Waals surface area contributed by atoms with Crippen LogP contribution in [0.25, 0.3) is 0 Å². The highest BCUT2D eigenvalue weighted by atomic mass is 35.5. The van der Waals surface area contributed by atoms with Gasteiger partial charge in [-0.1, -0.05) is 24.1 Å². The number of halogens is 2. The molecule has 0 aliphatic heterocycles. The van der Waals surface area contributed by atoms with Crippen molar-refractivity contribution in [3.05, 3.63) is 34.6 Å². The summed E-state index contributed by atoms with van der Waals surface area (Å²) in [5, 5.41) is 11.7. The molecule has 0 aromatic heterocycles. The second-order valence-corrected chi connectivity index (χ2v) is 6.14. The number of rotatable bonds is 4. The first kappa shape index (κ1) is 14.3. The number of fused-ring (bicyclic) bond motifs is 1. The van der Waals surface area contributed by atoms with Gasteiger partial charge in [-0.25, -0.2) is 9.18 Å². The third kappa shape index (κ3) is 2.62. The molecular formula is C15H15ClFNO3. The number of benzene rings is 1. The number of carbonyl (C=O) groups excluding carboxylic acids is 1. The molecule has 0 heterocycles. The van der Waals surface area contributed by atoms with E-state index in [1.54, 1.807) is 0 Å². The fourth-order valence-electron chi connectivity index (χ4n) is 3.43. The lowest BCUT2D eigenvalue weighted by molar-refractivity contribution is -0.142. The molecule has 2 saturated carbocycles. The van der Waals surface area contributed by atoms with Crippen molar-refractivity contribution in [2.75, 3.05) is 0 Å². The maximum Gasteiger partial charge on any atom is 0.330 e. The summed E-state index contributed by atoms with van der Waals surface area (Å²) in [7, 11) is 0. The minimum atomic E-state index is -1.24. The van der Waals surface area contributed by atoms with Crippen LogP contribution in [0.1, 0.15) is 30.9 Å². The van der Waals surface area contributed by atoms with E-state index in [4.69, 9.17) is 11.6 Å². The van der Waals surface area contributed by atoms with Gasteiger partial charge in [-0.15, -0.1) is 0 Å². The summed E-state index contributed by atoms with van der Waals surface area (Å²) in [5.41, 5.74) is 0.184. The predicted octanol–water partition coefficient (Wildman–Crippen LogP) is 2.77. The second kappa shape index (κ2) is 5.30. The van der Waals surface area contributed by atoms with Crippen LogP contribution in [0.3, 0.4) is 0 Å². The molecule has 4 nitrogen and oxygen atoms in total. The Morgan fingerprint density at radius 1 is 1.33 bits per heavy atom. The molecule has 0 spiro atoms. The van der Waals surface area contributed by atoms with Gasteiger partial charge in [-0.3, -0.25) is 4.79 Å². The largest absolute Gasteiger partial charge is 0.479 e. The van der Waals surface area contributed by atoms with Gasteiger partial charge >= 0.3 is 5.97 Å². The molecule has 1 amide bonds. The lowest BCUT2D eigenvalue weighted by Gasteiger charge is -2.16. The number of aliphatic carboxylic acids is 1. The van der Waals surface area contributed by atoms with Crippen molar-refractivity contribution >= 4 is 23.5 Å². The van der Waals surface area contributed by atoms with E-state index < -0.39 is 17.8 Å². The summed E-state index contributed by atoms with van der Waals surface area (Å²) in [6.07, 6.45) is 3.22. The third-order valence-corrected chi connectivity index (χ3v) is 4.83. The van der Waals surface area contributed by atoms with E-state index in [1.807, 2.05) is 0 Å². The molecule has 3 atom stereocenters. The lowest BCUT2D eigenvalue weighted by Crippen LogP contribution is -2.35. The first-order valence-electron chi connectivity index (χ1n) is 6.97. The Kier molecular flexibility index (Phi) is 3.61. The van der Waals surface area contributed by atoms with E-state index in [0.717, 1.165) is 25.3 Å². The molecule has 3 unspecified atom stereocenters. The average Bonchev–Trinajstić information content (AvgIpc) is 2.92. The van der Waals surface area contributed by atoms with Gasteiger partial charge < -0.3 is 10.4 Å².